The van der Waals surface area contributed by atoms with Gasteiger partial charge in [-0.3, -0.25) is 9.59 Å². The van der Waals surface area contributed by atoms with Gasteiger partial charge in [0.25, 0.3) is 11.8 Å². The largest absolute Gasteiger partial charge is 0.462 e. The Hall–Kier alpha value is -3.69. The lowest BCUT2D eigenvalue weighted by Gasteiger charge is -2.06. The van der Waals surface area contributed by atoms with Gasteiger partial charge >= 0.3 is 5.97 Å². The monoisotopic (exact) mass is 496 g/mol. The number of carbonyl (C=O) groups excluding carboxylic acids is 3. The van der Waals surface area contributed by atoms with Gasteiger partial charge in [-0.25, -0.2) is 9.78 Å². The predicted molar refractivity (Wildman–Crippen MR) is 132 cm³/mol. The number of hydrogen-bond acceptors (Lipinski definition) is 6. The van der Waals surface area contributed by atoms with Crippen molar-refractivity contribution in [3.05, 3.63) is 81.1 Å². The molecule has 0 fully saturated rings. The molecule has 10 heteroatoms. The number of amides is 2. The highest BCUT2D eigenvalue weighted by Gasteiger charge is 2.27. The number of fused-ring (bicyclic) bond motifs is 1. The van der Waals surface area contributed by atoms with Gasteiger partial charge < -0.3 is 19.8 Å². The maximum absolute atomic E-state index is 13.0. The zero-order valence-electron chi connectivity index (χ0n) is 18.6. The first-order valence-corrected chi connectivity index (χ1v) is 11.6. The molecule has 2 amide bonds. The molecule has 4 aromatic rings. The minimum atomic E-state index is -0.622. The molecule has 0 aliphatic carbocycles. The molecule has 8 nitrogen and oxygen atoms in total. The molecule has 174 valence electrons. The van der Waals surface area contributed by atoms with Crippen LogP contribution in [0.25, 0.3) is 5.65 Å². The first-order chi connectivity index (χ1) is 16.3. The van der Waals surface area contributed by atoms with Crippen LogP contribution < -0.4 is 10.6 Å². The fourth-order valence-corrected chi connectivity index (χ4v) is 4.56. The summed E-state index contributed by atoms with van der Waals surface area (Å²) in [6.07, 6.45) is 3.41. The number of halogens is 1. The highest BCUT2D eigenvalue weighted by Crippen LogP contribution is 2.34. The second kappa shape index (κ2) is 9.66. The van der Waals surface area contributed by atoms with Crippen molar-refractivity contribution in [1.29, 1.82) is 0 Å². The van der Waals surface area contributed by atoms with Gasteiger partial charge in [-0.2, -0.15) is 0 Å². The van der Waals surface area contributed by atoms with E-state index >= 15 is 0 Å². The van der Waals surface area contributed by atoms with E-state index in [9.17, 15) is 14.4 Å². The third-order valence-electron chi connectivity index (χ3n) is 5.01. The Morgan fingerprint density at radius 2 is 1.82 bits per heavy atom. The SMILES string of the molecule is CCOC(=O)c1c(NC(=O)c2cn3ccc(C)cc3n2)sc(C(=O)Nc2ccc(Cl)cc2)c1C. The lowest BCUT2D eigenvalue weighted by molar-refractivity contribution is 0.0527. The number of nitrogens with one attached hydrogen (secondary N) is 2. The van der Waals surface area contributed by atoms with Crippen molar-refractivity contribution in [3.8, 4) is 0 Å². The lowest BCUT2D eigenvalue weighted by atomic mass is 10.1. The molecule has 0 unspecified atom stereocenters. The van der Waals surface area contributed by atoms with Gasteiger partial charge in [-0.1, -0.05) is 11.6 Å². The zero-order valence-corrected chi connectivity index (χ0v) is 20.2. The average Bonchev–Trinajstić information content (AvgIpc) is 3.36. The molecule has 0 saturated carbocycles. The first kappa shape index (κ1) is 23.5. The predicted octanol–water partition coefficient (Wildman–Crippen LogP) is 5.35. The number of benzene rings is 1. The van der Waals surface area contributed by atoms with E-state index < -0.39 is 17.8 Å². The second-order valence-corrected chi connectivity index (χ2v) is 8.95. The number of aryl methyl sites for hydroxylation is 1. The molecule has 34 heavy (non-hydrogen) atoms. The van der Waals surface area contributed by atoms with Crippen LogP contribution in [-0.4, -0.2) is 33.8 Å². The molecule has 3 heterocycles. The van der Waals surface area contributed by atoms with Crippen molar-refractivity contribution < 1.29 is 19.1 Å². The third kappa shape index (κ3) is 4.80. The second-order valence-electron chi connectivity index (χ2n) is 7.49. The van der Waals surface area contributed by atoms with Gasteiger partial charge in [-0.15, -0.1) is 11.3 Å². The highest BCUT2D eigenvalue weighted by atomic mass is 35.5. The number of hydrogen-bond donors (Lipinski definition) is 2. The number of carbonyl (C=O) groups is 3. The quantitative estimate of drug-likeness (QED) is 0.350. The minimum absolute atomic E-state index is 0.140. The van der Waals surface area contributed by atoms with Gasteiger partial charge in [0.2, 0.25) is 0 Å². The summed E-state index contributed by atoms with van der Waals surface area (Å²) in [6.45, 7) is 5.41. The normalized spacial score (nSPS) is 10.8. The van der Waals surface area contributed by atoms with Crippen molar-refractivity contribution in [2.75, 3.05) is 17.2 Å². The van der Waals surface area contributed by atoms with Crippen LogP contribution in [0.4, 0.5) is 10.7 Å². The molecule has 0 aliphatic rings. The summed E-state index contributed by atoms with van der Waals surface area (Å²) in [5.41, 5.74) is 2.92. The summed E-state index contributed by atoms with van der Waals surface area (Å²) >= 11 is 6.90. The van der Waals surface area contributed by atoms with E-state index in [2.05, 4.69) is 15.6 Å². The molecule has 0 saturated heterocycles. The van der Waals surface area contributed by atoms with Crippen molar-refractivity contribution in [3.63, 3.8) is 0 Å². The van der Waals surface area contributed by atoms with E-state index in [-0.39, 0.29) is 27.7 Å². The van der Waals surface area contributed by atoms with Crippen molar-refractivity contribution >= 4 is 57.1 Å². The molecule has 0 spiro atoms. The molecule has 0 aliphatic heterocycles. The van der Waals surface area contributed by atoms with Crippen LogP contribution in [0.5, 0.6) is 0 Å². The van der Waals surface area contributed by atoms with Crippen molar-refractivity contribution in [2.24, 2.45) is 0 Å². The minimum Gasteiger partial charge on any atom is -0.462 e. The van der Waals surface area contributed by atoms with Crippen LogP contribution in [0, 0.1) is 13.8 Å². The summed E-state index contributed by atoms with van der Waals surface area (Å²) in [4.78, 5) is 43.2. The molecular weight excluding hydrogens is 476 g/mol. The highest BCUT2D eigenvalue weighted by molar-refractivity contribution is 7.19. The van der Waals surface area contributed by atoms with Crippen molar-refractivity contribution in [2.45, 2.75) is 20.8 Å². The van der Waals surface area contributed by atoms with Gasteiger partial charge in [-0.05, 0) is 68.3 Å². The van der Waals surface area contributed by atoms with Gasteiger partial charge in [0.1, 0.15) is 16.3 Å². The van der Waals surface area contributed by atoms with Crippen LogP contribution in [0.1, 0.15) is 48.6 Å². The maximum Gasteiger partial charge on any atom is 0.341 e. The number of anilines is 2. The number of imidazole rings is 1. The van der Waals surface area contributed by atoms with Gasteiger partial charge in [0.05, 0.1) is 17.0 Å². The zero-order chi connectivity index (χ0) is 24.4. The Bertz CT molecular complexity index is 1410. The summed E-state index contributed by atoms with van der Waals surface area (Å²) < 4.78 is 6.91. The molecule has 3 aromatic heterocycles. The molecule has 0 atom stereocenters. The van der Waals surface area contributed by atoms with Gasteiger partial charge in [0, 0.05) is 23.1 Å². The third-order valence-corrected chi connectivity index (χ3v) is 6.47. The van der Waals surface area contributed by atoms with E-state index in [1.165, 1.54) is 0 Å². The Balaban J connectivity index is 1.65. The van der Waals surface area contributed by atoms with Crippen LogP contribution in [0.2, 0.25) is 5.02 Å². The van der Waals surface area contributed by atoms with Crippen LogP contribution in [0.15, 0.2) is 48.8 Å². The number of esters is 1. The summed E-state index contributed by atoms with van der Waals surface area (Å²) in [5, 5.41) is 6.27. The Kier molecular flexibility index (Phi) is 6.67. The number of ether oxygens (including phenoxy) is 1. The molecule has 2 N–H and O–H groups in total. The molecule has 0 bridgehead atoms. The maximum atomic E-state index is 13.0. The standard InChI is InChI=1S/C24H21ClN4O4S/c1-4-33-24(32)19-14(3)20(22(31)26-16-7-5-15(25)6-8-16)34-23(19)28-21(30)17-12-29-10-9-13(2)11-18(29)27-17/h5-12H,4H2,1-3H3,(H,26,31)(H,28,30). The van der Waals surface area contributed by atoms with Crippen LogP contribution in [0.3, 0.4) is 0 Å². The van der Waals surface area contributed by atoms with E-state index in [0.717, 1.165) is 16.9 Å². The fraction of sp³-hybridized carbons (Fsp3) is 0.167. The summed E-state index contributed by atoms with van der Waals surface area (Å²) in [7, 11) is 0. The van der Waals surface area contributed by atoms with E-state index in [1.807, 2.05) is 25.3 Å². The molecule has 4 rings (SSSR count). The topological polar surface area (TPSA) is 102 Å². The lowest BCUT2D eigenvalue weighted by Crippen LogP contribution is -2.15. The van der Waals surface area contributed by atoms with E-state index in [4.69, 9.17) is 16.3 Å². The van der Waals surface area contributed by atoms with Crippen molar-refractivity contribution in [1.82, 2.24) is 9.38 Å². The molecule has 1 aromatic carbocycles. The fourth-order valence-electron chi connectivity index (χ4n) is 3.35. The summed E-state index contributed by atoms with van der Waals surface area (Å²) in [6, 6.07) is 10.4. The smallest absolute Gasteiger partial charge is 0.341 e. The Morgan fingerprint density at radius 3 is 2.53 bits per heavy atom. The van der Waals surface area contributed by atoms with Crippen LogP contribution in [-0.2, 0) is 4.74 Å². The molecule has 0 radical (unpaired) electrons. The Morgan fingerprint density at radius 1 is 1.09 bits per heavy atom. The number of thiophene rings is 1. The van der Waals surface area contributed by atoms with E-state index in [1.54, 1.807) is 48.7 Å². The number of pyridine rings is 1. The number of nitrogens with zero attached hydrogens (tertiary/aromatic N) is 2. The molecular formula is C24H21ClN4O4S. The first-order valence-electron chi connectivity index (χ1n) is 10.4. The van der Waals surface area contributed by atoms with Gasteiger partial charge in [0.15, 0.2) is 0 Å². The Labute approximate surface area is 204 Å². The van der Waals surface area contributed by atoms with Crippen LogP contribution >= 0.6 is 22.9 Å². The number of aromatic nitrogens is 2. The van der Waals surface area contributed by atoms with E-state index in [0.29, 0.717) is 21.9 Å². The number of rotatable bonds is 6. The average molecular weight is 497 g/mol. The summed E-state index contributed by atoms with van der Waals surface area (Å²) in [5.74, 6) is -1.54.